The van der Waals surface area contributed by atoms with Gasteiger partial charge in [-0.25, -0.2) is 9.59 Å². The van der Waals surface area contributed by atoms with Gasteiger partial charge < -0.3 is 29.7 Å². The third-order valence-corrected chi connectivity index (χ3v) is 8.22. The summed E-state index contributed by atoms with van der Waals surface area (Å²) in [7, 11) is 0. The molecule has 4 unspecified atom stereocenters. The summed E-state index contributed by atoms with van der Waals surface area (Å²) < 4.78 is 14.2. The lowest BCUT2D eigenvalue weighted by Gasteiger charge is -2.48. The quantitative estimate of drug-likeness (QED) is 0.190. The number of β-lactam (4-membered cyclic amide) rings is 1. The normalized spacial score (nSPS) is 27.0. The second-order valence-electron chi connectivity index (χ2n) is 9.32. The van der Waals surface area contributed by atoms with E-state index >= 15 is 0 Å². The number of halogens is 3. The number of nitrogens with zero attached hydrogens (tertiary/aromatic N) is 1. The first-order valence-corrected chi connectivity index (χ1v) is 14.0. The Hall–Kier alpha value is -1.66. The highest BCUT2D eigenvalue weighted by Gasteiger charge is 2.52. The molecule has 0 spiro atoms. The Morgan fingerprint density at radius 3 is 2.65 bits per heavy atom. The number of hydrogen-bond acceptors (Lipinski definition) is 8. The van der Waals surface area contributed by atoms with E-state index in [4.69, 9.17) is 49.0 Å². The first-order valence-electron chi connectivity index (χ1n) is 11.9. The van der Waals surface area contributed by atoms with Crippen molar-refractivity contribution in [1.29, 1.82) is 0 Å². The lowest BCUT2D eigenvalue weighted by molar-refractivity contribution is -0.145. The molecule has 1 saturated carbocycles. The number of amides is 3. The number of carbonyl (C=O) groups excluding carboxylic acids is 4. The van der Waals surface area contributed by atoms with Gasteiger partial charge in [-0.2, -0.15) is 0 Å². The smallest absolute Gasteiger partial charge is 0.408 e. The van der Waals surface area contributed by atoms with Gasteiger partial charge in [0.15, 0.2) is 0 Å². The van der Waals surface area contributed by atoms with Gasteiger partial charge in [0.1, 0.15) is 30.2 Å². The van der Waals surface area contributed by atoms with Crippen LogP contribution in [0.5, 0.6) is 0 Å². The minimum Gasteiger partial charge on any atom is -0.458 e. The van der Waals surface area contributed by atoms with E-state index in [9.17, 15) is 19.2 Å². The Labute approximate surface area is 233 Å². The number of alkyl carbamates (subject to hydrolysis) is 1. The van der Waals surface area contributed by atoms with Crippen LogP contribution in [0.2, 0.25) is 0 Å². The molecular weight excluding hydrogens is 569 g/mol. The molecular formula is C23H28Cl3N3O7S. The monoisotopic (exact) mass is 595 g/mol. The Kier molecular flexibility index (Phi) is 8.90. The SMILES string of the molecule is CC1S[C@@H]2C(NC(=O)C(NC(=O)OC(C)C3CC3)C3=CCCOC3)C(=O)N2C=C1C(=O)OCC(Cl)(Cl)Cl. The summed E-state index contributed by atoms with van der Waals surface area (Å²) in [5, 5.41) is 4.61. The second-order valence-corrected chi connectivity index (χ2v) is 13.3. The van der Waals surface area contributed by atoms with Gasteiger partial charge >= 0.3 is 12.1 Å². The van der Waals surface area contributed by atoms with E-state index in [1.54, 1.807) is 6.92 Å². The fourth-order valence-corrected chi connectivity index (χ4v) is 5.73. The molecule has 5 atom stereocenters. The number of hydrogen-bond donors (Lipinski definition) is 2. The van der Waals surface area contributed by atoms with E-state index in [2.05, 4.69) is 10.6 Å². The Morgan fingerprint density at radius 1 is 1.30 bits per heavy atom. The summed E-state index contributed by atoms with van der Waals surface area (Å²) >= 11 is 18.2. The molecule has 0 bridgehead atoms. The number of esters is 1. The van der Waals surface area contributed by atoms with E-state index in [0.717, 1.165) is 12.8 Å². The Balaban J connectivity index is 1.40. The van der Waals surface area contributed by atoms with Crippen molar-refractivity contribution in [2.45, 2.75) is 65.7 Å². The van der Waals surface area contributed by atoms with Gasteiger partial charge in [0.05, 0.1) is 18.8 Å². The summed E-state index contributed by atoms with van der Waals surface area (Å²) in [6.45, 7) is 3.87. The molecule has 4 rings (SSSR count). The largest absolute Gasteiger partial charge is 0.458 e. The van der Waals surface area contributed by atoms with E-state index < -0.39 is 51.7 Å². The molecule has 3 aliphatic heterocycles. The fraction of sp³-hybridized carbons (Fsp3) is 0.652. The molecule has 3 amide bonds. The van der Waals surface area contributed by atoms with Crippen molar-refractivity contribution in [3.05, 3.63) is 23.4 Å². The average molecular weight is 597 g/mol. The van der Waals surface area contributed by atoms with Crippen LogP contribution in [-0.2, 0) is 28.6 Å². The van der Waals surface area contributed by atoms with Crippen molar-refractivity contribution in [3.8, 4) is 0 Å². The van der Waals surface area contributed by atoms with Crippen molar-refractivity contribution < 1.29 is 33.4 Å². The molecule has 37 heavy (non-hydrogen) atoms. The Morgan fingerprint density at radius 2 is 2.03 bits per heavy atom. The van der Waals surface area contributed by atoms with Crippen LogP contribution in [0.1, 0.15) is 33.1 Å². The predicted octanol–water partition coefficient (Wildman–Crippen LogP) is 2.81. The van der Waals surface area contributed by atoms with Crippen LogP contribution < -0.4 is 10.6 Å². The van der Waals surface area contributed by atoms with Crippen LogP contribution in [0.4, 0.5) is 4.79 Å². The van der Waals surface area contributed by atoms with E-state index in [0.29, 0.717) is 24.5 Å². The number of nitrogens with one attached hydrogen (secondary N) is 2. The highest BCUT2D eigenvalue weighted by Crippen LogP contribution is 2.41. The third-order valence-electron chi connectivity index (χ3n) is 6.45. The molecule has 0 aromatic heterocycles. The van der Waals surface area contributed by atoms with Gasteiger partial charge in [-0.1, -0.05) is 40.9 Å². The molecule has 1 saturated heterocycles. The summed E-state index contributed by atoms with van der Waals surface area (Å²) in [5.41, 5.74) is 0.831. The standard InChI is InChI=1S/C23H28Cl3N3O7S/c1-11(13-5-6-13)36-22(33)28-16(14-4-3-7-34-9-14)18(30)27-17-19(31)29-8-15(12(2)37-20(17)29)21(32)35-10-23(24,25)26/h4,8,11-13,16-17,20H,3,5-7,9-10H2,1-2H3,(H,27,30)(H,28,33)/t11?,12?,16?,17?,20-/m1/s1. The number of ether oxygens (including phenoxy) is 3. The molecule has 2 N–H and O–H groups in total. The fourth-order valence-electron chi connectivity index (χ4n) is 4.21. The van der Waals surface area contributed by atoms with Crippen molar-refractivity contribution in [2.24, 2.45) is 5.92 Å². The lowest BCUT2D eigenvalue weighted by Crippen LogP contribution is -2.70. The molecule has 4 aliphatic rings. The highest BCUT2D eigenvalue weighted by molar-refractivity contribution is 8.00. The molecule has 10 nitrogen and oxygen atoms in total. The number of rotatable bonds is 8. The van der Waals surface area contributed by atoms with Crippen LogP contribution in [0.25, 0.3) is 0 Å². The minimum absolute atomic E-state index is 0.179. The average Bonchev–Trinajstić information content (AvgIpc) is 3.70. The second kappa shape index (κ2) is 11.6. The van der Waals surface area contributed by atoms with Crippen LogP contribution in [-0.4, -0.2) is 81.2 Å². The van der Waals surface area contributed by atoms with Gasteiger partial charge in [0.25, 0.3) is 5.91 Å². The summed E-state index contributed by atoms with van der Waals surface area (Å²) in [6.07, 6.45) is 4.93. The zero-order valence-corrected chi connectivity index (χ0v) is 23.3. The summed E-state index contributed by atoms with van der Waals surface area (Å²) in [4.78, 5) is 52.5. The molecule has 14 heteroatoms. The molecule has 1 aliphatic carbocycles. The van der Waals surface area contributed by atoms with Crippen LogP contribution in [0.3, 0.4) is 0 Å². The van der Waals surface area contributed by atoms with Gasteiger partial charge in [-0.3, -0.25) is 9.59 Å². The first-order chi connectivity index (χ1) is 17.4. The predicted molar refractivity (Wildman–Crippen MR) is 138 cm³/mol. The van der Waals surface area contributed by atoms with Crippen molar-refractivity contribution in [1.82, 2.24) is 15.5 Å². The first kappa shape index (κ1) is 28.4. The van der Waals surface area contributed by atoms with Gasteiger partial charge in [-0.15, -0.1) is 11.8 Å². The zero-order valence-electron chi connectivity index (χ0n) is 20.2. The molecule has 0 aromatic carbocycles. The minimum atomic E-state index is -1.75. The van der Waals surface area contributed by atoms with Crippen LogP contribution >= 0.6 is 46.6 Å². The van der Waals surface area contributed by atoms with E-state index in [1.807, 2.05) is 13.0 Å². The summed E-state index contributed by atoms with van der Waals surface area (Å²) in [5.74, 6) is -1.30. The summed E-state index contributed by atoms with van der Waals surface area (Å²) in [6, 6.07) is -1.89. The molecule has 0 radical (unpaired) electrons. The van der Waals surface area contributed by atoms with E-state index in [-0.39, 0.29) is 23.5 Å². The van der Waals surface area contributed by atoms with Gasteiger partial charge in [0.2, 0.25) is 9.70 Å². The van der Waals surface area contributed by atoms with E-state index in [1.165, 1.54) is 22.9 Å². The highest BCUT2D eigenvalue weighted by atomic mass is 35.6. The maximum Gasteiger partial charge on any atom is 0.408 e. The number of alkyl halides is 3. The topological polar surface area (TPSA) is 123 Å². The van der Waals surface area contributed by atoms with Crippen molar-refractivity contribution in [3.63, 3.8) is 0 Å². The van der Waals surface area contributed by atoms with Crippen LogP contribution in [0.15, 0.2) is 23.4 Å². The molecule has 0 aromatic rings. The van der Waals surface area contributed by atoms with Gasteiger partial charge in [-0.05, 0) is 44.6 Å². The number of carbonyl (C=O) groups is 4. The number of fused-ring (bicyclic) bond motifs is 1. The molecule has 2 fully saturated rings. The zero-order chi connectivity index (χ0) is 26.9. The molecule has 204 valence electrons. The molecule has 3 heterocycles. The third kappa shape index (κ3) is 7.06. The number of thioether (sulfide) groups is 1. The van der Waals surface area contributed by atoms with Gasteiger partial charge in [0, 0.05) is 11.4 Å². The van der Waals surface area contributed by atoms with Crippen molar-refractivity contribution >= 4 is 70.4 Å². The Bertz CT molecular complexity index is 1010. The van der Waals surface area contributed by atoms with Crippen molar-refractivity contribution in [2.75, 3.05) is 19.8 Å². The maximum absolute atomic E-state index is 13.3. The van der Waals surface area contributed by atoms with Crippen LogP contribution in [0, 0.1) is 5.92 Å². The maximum atomic E-state index is 13.3. The lowest BCUT2D eigenvalue weighted by atomic mass is 10.0.